The first kappa shape index (κ1) is 17.3. The fourth-order valence-electron chi connectivity index (χ4n) is 3.53. The van der Waals surface area contributed by atoms with Crippen LogP contribution in [0.15, 0.2) is 0 Å². The molecule has 0 unspecified atom stereocenters. The fourth-order valence-corrected chi connectivity index (χ4v) is 3.53. The number of likely N-dealkylation sites (tertiary alicyclic amines) is 2. The van der Waals surface area contributed by atoms with Crippen LogP contribution in [0.25, 0.3) is 0 Å². The Bertz CT molecular complexity index is 391. The molecule has 0 bridgehead atoms. The zero-order valence-corrected chi connectivity index (χ0v) is 15.1. The molecule has 0 spiro atoms. The van der Waals surface area contributed by atoms with Crippen molar-refractivity contribution in [2.45, 2.75) is 54.4 Å². The highest BCUT2D eigenvalue weighted by Gasteiger charge is 2.43. The summed E-state index contributed by atoms with van der Waals surface area (Å²) in [6, 6.07) is 0. The average molecular weight is 308 g/mol. The van der Waals surface area contributed by atoms with Gasteiger partial charge in [0.05, 0.1) is 0 Å². The number of carbonyl (C=O) groups excluding carboxylic acids is 2. The van der Waals surface area contributed by atoms with Crippen molar-refractivity contribution >= 4 is 11.8 Å². The van der Waals surface area contributed by atoms with E-state index in [4.69, 9.17) is 0 Å². The molecule has 0 N–H and O–H groups in total. The van der Waals surface area contributed by atoms with Gasteiger partial charge >= 0.3 is 0 Å². The minimum atomic E-state index is 0.0451. The van der Waals surface area contributed by atoms with Gasteiger partial charge in [-0.15, -0.1) is 0 Å². The van der Waals surface area contributed by atoms with E-state index < -0.39 is 0 Å². The van der Waals surface area contributed by atoms with Gasteiger partial charge in [0.1, 0.15) is 0 Å². The molecule has 0 aromatic heterocycles. The summed E-state index contributed by atoms with van der Waals surface area (Å²) in [7, 11) is 0. The highest BCUT2D eigenvalue weighted by molar-refractivity contribution is 5.78. The zero-order valence-electron chi connectivity index (χ0n) is 15.1. The van der Waals surface area contributed by atoms with Crippen LogP contribution in [-0.2, 0) is 9.59 Å². The van der Waals surface area contributed by atoms with E-state index in [-0.39, 0.29) is 22.6 Å². The monoisotopic (exact) mass is 308 g/mol. The second-order valence-electron chi connectivity index (χ2n) is 9.59. The van der Waals surface area contributed by atoms with Gasteiger partial charge in [0.15, 0.2) is 0 Å². The van der Waals surface area contributed by atoms with Crippen molar-refractivity contribution in [3.63, 3.8) is 0 Å². The number of nitrogens with zero attached hydrogens (tertiary/aromatic N) is 2. The van der Waals surface area contributed by atoms with E-state index in [0.29, 0.717) is 24.7 Å². The van der Waals surface area contributed by atoms with Crippen LogP contribution in [0.4, 0.5) is 0 Å². The maximum atomic E-state index is 12.3. The van der Waals surface area contributed by atoms with Crippen molar-refractivity contribution < 1.29 is 9.59 Å². The molecule has 0 aromatic rings. The van der Waals surface area contributed by atoms with Crippen molar-refractivity contribution in [1.82, 2.24) is 9.80 Å². The van der Waals surface area contributed by atoms with Gasteiger partial charge in [-0.25, -0.2) is 0 Å². The van der Waals surface area contributed by atoms with Gasteiger partial charge in [0, 0.05) is 50.9 Å². The molecule has 0 atom stereocenters. The minimum Gasteiger partial charge on any atom is -0.342 e. The first-order valence-electron chi connectivity index (χ1n) is 8.50. The molecule has 2 heterocycles. The normalized spacial score (nSPS) is 25.5. The van der Waals surface area contributed by atoms with Gasteiger partial charge in [0.25, 0.3) is 0 Å². The smallest absolute Gasteiger partial charge is 0.223 e. The van der Waals surface area contributed by atoms with E-state index in [1.807, 2.05) is 9.80 Å². The van der Waals surface area contributed by atoms with Crippen LogP contribution >= 0.6 is 0 Å². The number of fused-ring (bicyclic) bond motifs is 1. The molecule has 126 valence electrons. The predicted octanol–water partition coefficient (Wildman–Crippen LogP) is 2.78. The maximum Gasteiger partial charge on any atom is 0.223 e. The highest BCUT2D eigenvalue weighted by Crippen LogP contribution is 2.34. The molecule has 4 heteroatoms. The average Bonchev–Trinajstić information content (AvgIpc) is 2.80. The molecule has 22 heavy (non-hydrogen) atoms. The molecule has 0 aliphatic carbocycles. The predicted molar refractivity (Wildman–Crippen MR) is 88.3 cm³/mol. The number of hydrogen-bond donors (Lipinski definition) is 0. The molecule has 2 rings (SSSR count). The lowest BCUT2D eigenvalue weighted by molar-refractivity contribution is -0.133. The van der Waals surface area contributed by atoms with E-state index in [1.54, 1.807) is 0 Å². The molecule has 2 fully saturated rings. The molecule has 2 aliphatic rings. The third-order valence-electron chi connectivity index (χ3n) is 4.55. The standard InChI is InChI=1S/C18H32N2O2/c1-17(2,3)7-15(21)19-9-13-11-20(12-14(13)10-19)16(22)8-18(4,5)6/h13-14H,7-12H2,1-6H3. The van der Waals surface area contributed by atoms with Crippen LogP contribution in [0.2, 0.25) is 0 Å². The molecule has 0 saturated carbocycles. The van der Waals surface area contributed by atoms with E-state index in [0.717, 1.165) is 26.2 Å². The summed E-state index contributed by atoms with van der Waals surface area (Å²) in [6.07, 6.45) is 1.22. The van der Waals surface area contributed by atoms with Crippen LogP contribution < -0.4 is 0 Å². The summed E-state index contributed by atoms with van der Waals surface area (Å²) < 4.78 is 0. The third kappa shape index (κ3) is 4.47. The lowest BCUT2D eigenvalue weighted by Gasteiger charge is -2.26. The van der Waals surface area contributed by atoms with Gasteiger partial charge < -0.3 is 9.80 Å². The summed E-state index contributed by atoms with van der Waals surface area (Å²) in [4.78, 5) is 28.7. The Hall–Kier alpha value is -1.06. The van der Waals surface area contributed by atoms with Crippen molar-refractivity contribution in [2.24, 2.45) is 22.7 Å². The van der Waals surface area contributed by atoms with Gasteiger partial charge in [-0.3, -0.25) is 9.59 Å². The lowest BCUT2D eigenvalue weighted by Crippen LogP contribution is -2.37. The molecular formula is C18H32N2O2. The fraction of sp³-hybridized carbons (Fsp3) is 0.889. The van der Waals surface area contributed by atoms with E-state index in [1.165, 1.54) is 0 Å². The molecule has 2 amide bonds. The highest BCUT2D eigenvalue weighted by atomic mass is 16.2. The summed E-state index contributed by atoms with van der Waals surface area (Å²) >= 11 is 0. The molecule has 0 aromatic carbocycles. The summed E-state index contributed by atoms with van der Waals surface area (Å²) in [5.74, 6) is 1.50. The molecule has 2 saturated heterocycles. The molecule has 4 nitrogen and oxygen atoms in total. The Morgan fingerprint density at radius 2 is 1.00 bits per heavy atom. The number of rotatable bonds is 2. The molecular weight excluding hydrogens is 276 g/mol. The number of amides is 2. The van der Waals surface area contributed by atoms with Crippen LogP contribution in [-0.4, -0.2) is 47.8 Å². The van der Waals surface area contributed by atoms with Crippen molar-refractivity contribution in [3.05, 3.63) is 0 Å². The van der Waals surface area contributed by atoms with Crippen LogP contribution in [0.1, 0.15) is 54.4 Å². The van der Waals surface area contributed by atoms with E-state index in [2.05, 4.69) is 41.5 Å². The molecule has 0 radical (unpaired) electrons. The zero-order chi connectivity index (χ0) is 16.7. The summed E-state index contributed by atoms with van der Waals surface area (Å²) in [5.41, 5.74) is 0.0903. The van der Waals surface area contributed by atoms with Gasteiger partial charge in [-0.05, 0) is 10.8 Å². The van der Waals surface area contributed by atoms with Crippen molar-refractivity contribution in [1.29, 1.82) is 0 Å². The van der Waals surface area contributed by atoms with Gasteiger partial charge in [-0.1, -0.05) is 41.5 Å². The first-order valence-corrected chi connectivity index (χ1v) is 8.50. The van der Waals surface area contributed by atoms with Gasteiger partial charge in [-0.2, -0.15) is 0 Å². The molecule has 2 aliphatic heterocycles. The van der Waals surface area contributed by atoms with Crippen molar-refractivity contribution in [3.8, 4) is 0 Å². The summed E-state index contributed by atoms with van der Waals surface area (Å²) in [6.45, 7) is 16.0. The number of hydrogen-bond acceptors (Lipinski definition) is 2. The Labute approximate surface area is 135 Å². The third-order valence-corrected chi connectivity index (χ3v) is 4.55. The topological polar surface area (TPSA) is 40.6 Å². The van der Waals surface area contributed by atoms with Crippen LogP contribution in [0.5, 0.6) is 0 Å². The van der Waals surface area contributed by atoms with E-state index >= 15 is 0 Å². The Morgan fingerprint density at radius 3 is 1.23 bits per heavy atom. The van der Waals surface area contributed by atoms with E-state index in [9.17, 15) is 9.59 Å². The minimum absolute atomic E-state index is 0.0451. The Morgan fingerprint density at radius 1 is 0.727 bits per heavy atom. The first-order chi connectivity index (χ1) is 9.94. The Kier molecular flexibility index (Phi) is 4.61. The number of carbonyl (C=O) groups is 2. The summed E-state index contributed by atoms with van der Waals surface area (Å²) in [5, 5.41) is 0. The quantitative estimate of drug-likeness (QED) is 0.787. The SMILES string of the molecule is CC(C)(C)CC(=O)N1CC2CN(C(=O)CC(C)(C)C)CC2C1. The van der Waals surface area contributed by atoms with Crippen molar-refractivity contribution in [2.75, 3.05) is 26.2 Å². The second kappa shape index (κ2) is 5.86. The van der Waals surface area contributed by atoms with Crippen LogP contribution in [0, 0.1) is 22.7 Å². The van der Waals surface area contributed by atoms with Crippen LogP contribution in [0.3, 0.4) is 0 Å². The Balaban J connectivity index is 1.86. The largest absolute Gasteiger partial charge is 0.342 e. The maximum absolute atomic E-state index is 12.3. The second-order valence-corrected chi connectivity index (χ2v) is 9.59. The lowest BCUT2D eigenvalue weighted by atomic mass is 9.91. The van der Waals surface area contributed by atoms with Gasteiger partial charge in [0.2, 0.25) is 11.8 Å².